The monoisotopic (exact) mass is 317 g/mol. The van der Waals surface area contributed by atoms with Gasteiger partial charge >= 0.3 is 5.97 Å². The molecule has 0 saturated heterocycles. The van der Waals surface area contributed by atoms with Gasteiger partial charge in [0.2, 0.25) is 0 Å². The van der Waals surface area contributed by atoms with Crippen LogP contribution < -0.4 is 0 Å². The maximum atomic E-state index is 11.5. The lowest BCUT2D eigenvalue weighted by Crippen LogP contribution is -2.15. The number of aryl methyl sites for hydroxylation is 1. The summed E-state index contributed by atoms with van der Waals surface area (Å²) < 4.78 is 2.17. The molecule has 0 fully saturated rings. The standard InChI is InChI=1S/C19H27NO3/c1-6-7-8-20-11-15(12(2)21)14-9-13(18(22)23)10-16(17(14)20)19(3,4)5/h9-12,21H,6-8H2,1-5H3,(H,22,23). The smallest absolute Gasteiger partial charge is 0.335 e. The van der Waals surface area contributed by atoms with E-state index in [1.807, 2.05) is 6.20 Å². The third-order valence-corrected chi connectivity index (χ3v) is 4.26. The van der Waals surface area contributed by atoms with Gasteiger partial charge in [-0.05, 0) is 36.5 Å². The highest BCUT2D eigenvalue weighted by Crippen LogP contribution is 2.36. The molecule has 0 aliphatic rings. The zero-order valence-electron chi connectivity index (χ0n) is 14.7. The number of aromatic nitrogens is 1. The topological polar surface area (TPSA) is 62.5 Å². The van der Waals surface area contributed by atoms with Crippen LogP contribution >= 0.6 is 0 Å². The average molecular weight is 317 g/mol. The molecule has 2 aromatic rings. The molecule has 4 nitrogen and oxygen atoms in total. The average Bonchev–Trinajstić information content (AvgIpc) is 2.81. The van der Waals surface area contributed by atoms with Gasteiger partial charge in [0.1, 0.15) is 0 Å². The van der Waals surface area contributed by atoms with Gasteiger partial charge in [-0.1, -0.05) is 34.1 Å². The van der Waals surface area contributed by atoms with Gasteiger partial charge in [-0.2, -0.15) is 0 Å². The van der Waals surface area contributed by atoms with Gasteiger partial charge in [0.15, 0.2) is 0 Å². The van der Waals surface area contributed by atoms with Gasteiger partial charge < -0.3 is 14.8 Å². The summed E-state index contributed by atoms with van der Waals surface area (Å²) in [4.78, 5) is 11.5. The highest BCUT2D eigenvalue weighted by atomic mass is 16.4. The molecule has 1 unspecified atom stereocenters. The molecule has 1 aromatic heterocycles. The highest BCUT2D eigenvalue weighted by Gasteiger charge is 2.24. The van der Waals surface area contributed by atoms with E-state index in [1.165, 1.54) is 0 Å². The fourth-order valence-electron chi connectivity index (χ4n) is 3.00. The molecular formula is C19H27NO3. The van der Waals surface area contributed by atoms with Crippen LogP contribution in [-0.2, 0) is 12.0 Å². The normalized spacial score (nSPS) is 13.5. The van der Waals surface area contributed by atoms with Crippen LogP contribution in [0.2, 0.25) is 0 Å². The summed E-state index contributed by atoms with van der Waals surface area (Å²) >= 11 is 0. The van der Waals surface area contributed by atoms with Crippen LogP contribution in [0.3, 0.4) is 0 Å². The number of carbonyl (C=O) groups is 1. The second kappa shape index (κ2) is 6.36. The molecule has 0 saturated carbocycles. The van der Waals surface area contributed by atoms with E-state index in [0.717, 1.165) is 41.4 Å². The quantitative estimate of drug-likeness (QED) is 0.854. The van der Waals surface area contributed by atoms with Gasteiger partial charge in [-0.15, -0.1) is 0 Å². The van der Waals surface area contributed by atoms with Crippen LogP contribution in [0.15, 0.2) is 18.3 Å². The number of nitrogens with zero attached hydrogens (tertiary/aromatic N) is 1. The molecule has 1 heterocycles. The number of carboxylic acids is 1. The second-order valence-corrected chi connectivity index (χ2v) is 7.28. The summed E-state index contributed by atoms with van der Waals surface area (Å²) in [5.74, 6) is -0.935. The van der Waals surface area contributed by atoms with Crippen LogP contribution in [-0.4, -0.2) is 20.7 Å². The largest absolute Gasteiger partial charge is 0.478 e. The SMILES string of the molecule is CCCCn1cc(C(C)O)c2cc(C(=O)O)cc(C(C)(C)C)c21. The van der Waals surface area contributed by atoms with E-state index in [9.17, 15) is 15.0 Å². The Hall–Kier alpha value is -1.81. The predicted molar refractivity (Wildman–Crippen MR) is 93.1 cm³/mol. The minimum Gasteiger partial charge on any atom is -0.478 e. The molecular weight excluding hydrogens is 290 g/mol. The Bertz CT molecular complexity index is 720. The first-order valence-corrected chi connectivity index (χ1v) is 8.25. The second-order valence-electron chi connectivity index (χ2n) is 7.28. The third kappa shape index (κ3) is 3.42. The lowest BCUT2D eigenvalue weighted by molar-refractivity contribution is 0.0697. The zero-order valence-corrected chi connectivity index (χ0v) is 14.7. The summed E-state index contributed by atoms with van der Waals surface area (Å²) in [5.41, 5.74) is 2.95. The van der Waals surface area contributed by atoms with E-state index in [0.29, 0.717) is 0 Å². The van der Waals surface area contributed by atoms with Crippen LogP contribution in [0.25, 0.3) is 10.9 Å². The first-order valence-electron chi connectivity index (χ1n) is 8.25. The van der Waals surface area contributed by atoms with Gasteiger partial charge in [0.25, 0.3) is 0 Å². The van der Waals surface area contributed by atoms with E-state index >= 15 is 0 Å². The number of aliphatic hydroxyl groups is 1. The number of hydrogen-bond donors (Lipinski definition) is 2. The van der Waals surface area contributed by atoms with Gasteiger partial charge in [-0.25, -0.2) is 4.79 Å². The van der Waals surface area contributed by atoms with Crippen LogP contribution in [0.4, 0.5) is 0 Å². The number of benzene rings is 1. The van der Waals surface area contributed by atoms with E-state index in [-0.39, 0.29) is 11.0 Å². The lowest BCUT2D eigenvalue weighted by Gasteiger charge is -2.22. The summed E-state index contributed by atoms with van der Waals surface area (Å²) in [7, 11) is 0. The van der Waals surface area contributed by atoms with Crippen molar-refractivity contribution in [2.75, 3.05) is 0 Å². The number of rotatable bonds is 5. The fraction of sp³-hybridized carbons (Fsp3) is 0.526. The Balaban J connectivity index is 2.85. The van der Waals surface area contributed by atoms with Crippen molar-refractivity contribution < 1.29 is 15.0 Å². The van der Waals surface area contributed by atoms with Crippen molar-refractivity contribution in [3.05, 3.63) is 35.0 Å². The molecule has 1 aromatic carbocycles. The number of unbranched alkanes of at least 4 members (excludes halogenated alkanes) is 1. The molecule has 0 aliphatic carbocycles. The summed E-state index contributed by atoms with van der Waals surface area (Å²) in [6.45, 7) is 11.0. The third-order valence-electron chi connectivity index (χ3n) is 4.26. The van der Waals surface area contributed by atoms with Crippen molar-refractivity contribution >= 4 is 16.9 Å². The number of hydrogen-bond acceptors (Lipinski definition) is 2. The minimum absolute atomic E-state index is 0.179. The lowest BCUT2D eigenvalue weighted by atomic mass is 9.84. The summed E-state index contributed by atoms with van der Waals surface area (Å²) in [6, 6.07) is 3.47. The van der Waals surface area contributed by atoms with Crippen molar-refractivity contribution in [1.29, 1.82) is 0 Å². The molecule has 1 atom stereocenters. The molecule has 0 radical (unpaired) electrons. The maximum Gasteiger partial charge on any atom is 0.335 e. The van der Waals surface area contributed by atoms with Crippen molar-refractivity contribution in [3.63, 3.8) is 0 Å². The first-order chi connectivity index (χ1) is 10.7. The molecule has 23 heavy (non-hydrogen) atoms. The van der Waals surface area contributed by atoms with E-state index < -0.39 is 12.1 Å². The van der Waals surface area contributed by atoms with Crippen molar-refractivity contribution in [2.24, 2.45) is 0 Å². The molecule has 0 spiro atoms. The van der Waals surface area contributed by atoms with Gasteiger partial charge in [-0.3, -0.25) is 0 Å². The van der Waals surface area contributed by atoms with Crippen LogP contribution in [0, 0.1) is 0 Å². The van der Waals surface area contributed by atoms with Crippen molar-refractivity contribution in [2.45, 2.75) is 65.5 Å². The number of carboxylic acid groups (broad SMARTS) is 1. The Morgan fingerprint density at radius 2 is 1.96 bits per heavy atom. The Morgan fingerprint density at radius 3 is 2.43 bits per heavy atom. The molecule has 2 N–H and O–H groups in total. The molecule has 0 bridgehead atoms. The minimum atomic E-state index is -0.935. The molecule has 4 heteroatoms. The Morgan fingerprint density at radius 1 is 1.30 bits per heavy atom. The van der Waals surface area contributed by atoms with Crippen LogP contribution in [0.1, 0.15) is 75.0 Å². The summed E-state index contributed by atoms with van der Waals surface area (Å²) in [6.07, 6.45) is 3.48. The van der Waals surface area contributed by atoms with Crippen LogP contribution in [0.5, 0.6) is 0 Å². The zero-order chi connectivity index (χ0) is 17.4. The van der Waals surface area contributed by atoms with Gasteiger partial charge in [0, 0.05) is 23.7 Å². The first kappa shape index (κ1) is 17.5. The Kier molecular flexibility index (Phi) is 4.85. The van der Waals surface area contributed by atoms with Crippen molar-refractivity contribution in [1.82, 2.24) is 4.57 Å². The highest BCUT2D eigenvalue weighted by molar-refractivity contribution is 5.97. The van der Waals surface area contributed by atoms with E-state index in [1.54, 1.807) is 19.1 Å². The number of aliphatic hydroxyl groups excluding tert-OH is 1. The van der Waals surface area contributed by atoms with E-state index in [4.69, 9.17) is 0 Å². The molecule has 0 amide bonds. The van der Waals surface area contributed by atoms with Crippen molar-refractivity contribution in [3.8, 4) is 0 Å². The maximum absolute atomic E-state index is 11.5. The Labute approximate surface area is 137 Å². The summed E-state index contributed by atoms with van der Waals surface area (Å²) in [5, 5.41) is 20.4. The fourth-order valence-corrected chi connectivity index (χ4v) is 3.00. The number of aromatic carboxylic acids is 1. The predicted octanol–water partition coefficient (Wildman–Crippen LogP) is 4.49. The van der Waals surface area contributed by atoms with Gasteiger partial charge in [0.05, 0.1) is 17.2 Å². The molecule has 0 aliphatic heterocycles. The van der Waals surface area contributed by atoms with E-state index in [2.05, 4.69) is 32.3 Å². The number of fused-ring (bicyclic) bond motifs is 1. The molecule has 126 valence electrons. The molecule has 2 rings (SSSR count).